The Balaban J connectivity index is 1.79. The lowest BCUT2D eigenvalue weighted by molar-refractivity contribution is -0.137. The SMILES string of the molecule is FC(F)(F)c1cccc(NCc2cnn3ccccc23)c1. The minimum Gasteiger partial charge on any atom is -0.381 e. The summed E-state index contributed by atoms with van der Waals surface area (Å²) in [6.45, 7) is 0.412. The molecule has 108 valence electrons. The van der Waals surface area contributed by atoms with Gasteiger partial charge in [-0.2, -0.15) is 18.3 Å². The fourth-order valence-electron chi connectivity index (χ4n) is 2.13. The molecule has 0 unspecified atom stereocenters. The molecule has 2 heterocycles. The number of rotatable bonds is 3. The molecule has 0 radical (unpaired) electrons. The second kappa shape index (κ2) is 5.12. The Bertz CT molecular complexity index is 762. The van der Waals surface area contributed by atoms with Crippen molar-refractivity contribution in [3.8, 4) is 0 Å². The van der Waals surface area contributed by atoms with Crippen LogP contribution >= 0.6 is 0 Å². The van der Waals surface area contributed by atoms with Gasteiger partial charge in [-0.15, -0.1) is 0 Å². The van der Waals surface area contributed by atoms with Gasteiger partial charge in [0.1, 0.15) is 0 Å². The van der Waals surface area contributed by atoms with Gasteiger partial charge in [-0.05, 0) is 30.3 Å². The monoisotopic (exact) mass is 291 g/mol. The van der Waals surface area contributed by atoms with Crippen molar-refractivity contribution >= 4 is 11.2 Å². The number of hydrogen-bond acceptors (Lipinski definition) is 2. The Morgan fingerprint density at radius 3 is 2.76 bits per heavy atom. The van der Waals surface area contributed by atoms with Crippen molar-refractivity contribution < 1.29 is 13.2 Å². The normalized spacial score (nSPS) is 11.8. The van der Waals surface area contributed by atoms with Crippen molar-refractivity contribution in [2.75, 3.05) is 5.32 Å². The van der Waals surface area contributed by atoms with E-state index in [2.05, 4.69) is 10.4 Å². The molecule has 21 heavy (non-hydrogen) atoms. The molecule has 2 aromatic heterocycles. The fourth-order valence-corrected chi connectivity index (χ4v) is 2.13. The van der Waals surface area contributed by atoms with E-state index >= 15 is 0 Å². The van der Waals surface area contributed by atoms with E-state index in [9.17, 15) is 13.2 Å². The van der Waals surface area contributed by atoms with Crippen LogP contribution in [0.5, 0.6) is 0 Å². The van der Waals surface area contributed by atoms with Crippen LogP contribution in [0.15, 0.2) is 54.9 Å². The quantitative estimate of drug-likeness (QED) is 0.791. The summed E-state index contributed by atoms with van der Waals surface area (Å²) in [5.41, 5.74) is 1.62. The third kappa shape index (κ3) is 2.84. The van der Waals surface area contributed by atoms with Gasteiger partial charge in [0.2, 0.25) is 0 Å². The lowest BCUT2D eigenvalue weighted by Gasteiger charge is -2.10. The van der Waals surface area contributed by atoms with E-state index in [1.807, 2.05) is 24.4 Å². The van der Waals surface area contributed by atoms with E-state index in [4.69, 9.17) is 0 Å². The predicted octanol–water partition coefficient (Wildman–Crippen LogP) is 3.97. The number of hydrogen-bond donors (Lipinski definition) is 1. The van der Waals surface area contributed by atoms with E-state index in [1.165, 1.54) is 6.07 Å². The number of nitrogens with one attached hydrogen (secondary N) is 1. The Kier molecular flexibility index (Phi) is 3.29. The molecule has 0 aliphatic carbocycles. The zero-order valence-electron chi connectivity index (χ0n) is 10.9. The highest BCUT2D eigenvalue weighted by Gasteiger charge is 2.30. The minimum absolute atomic E-state index is 0.412. The second-order valence-electron chi connectivity index (χ2n) is 4.63. The topological polar surface area (TPSA) is 29.3 Å². The number of aromatic nitrogens is 2. The number of fused-ring (bicyclic) bond motifs is 1. The van der Waals surface area contributed by atoms with Crippen LogP contribution in [0.2, 0.25) is 0 Å². The van der Waals surface area contributed by atoms with Crippen molar-refractivity contribution in [2.45, 2.75) is 12.7 Å². The van der Waals surface area contributed by atoms with E-state index in [-0.39, 0.29) is 0 Å². The van der Waals surface area contributed by atoms with Crippen LogP contribution < -0.4 is 5.32 Å². The van der Waals surface area contributed by atoms with Crippen molar-refractivity contribution in [1.82, 2.24) is 9.61 Å². The van der Waals surface area contributed by atoms with Crippen LogP contribution in [0, 0.1) is 0 Å². The maximum atomic E-state index is 12.6. The molecule has 3 rings (SSSR count). The molecule has 0 fully saturated rings. The van der Waals surface area contributed by atoms with Crippen LogP contribution in [0.1, 0.15) is 11.1 Å². The largest absolute Gasteiger partial charge is 0.416 e. The highest BCUT2D eigenvalue weighted by Crippen LogP contribution is 2.30. The molecule has 0 spiro atoms. The molecule has 3 nitrogen and oxygen atoms in total. The molecular weight excluding hydrogens is 279 g/mol. The number of nitrogens with zero attached hydrogens (tertiary/aromatic N) is 2. The van der Waals surface area contributed by atoms with Crippen LogP contribution in [0.4, 0.5) is 18.9 Å². The van der Waals surface area contributed by atoms with Crippen molar-refractivity contribution in [3.63, 3.8) is 0 Å². The molecule has 0 atom stereocenters. The van der Waals surface area contributed by atoms with Crippen LogP contribution in [-0.2, 0) is 12.7 Å². The zero-order chi connectivity index (χ0) is 14.9. The molecule has 0 bridgehead atoms. The lowest BCUT2D eigenvalue weighted by Crippen LogP contribution is -2.06. The number of benzene rings is 1. The molecule has 0 aliphatic heterocycles. The summed E-state index contributed by atoms with van der Waals surface area (Å²) in [5, 5.41) is 7.18. The molecule has 0 aliphatic rings. The highest BCUT2D eigenvalue weighted by atomic mass is 19.4. The number of halogens is 3. The van der Waals surface area contributed by atoms with Gasteiger partial charge in [0, 0.05) is 24.0 Å². The summed E-state index contributed by atoms with van der Waals surface area (Å²) in [5.74, 6) is 0. The molecule has 0 amide bonds. The first kappa shape index (κ1) is 13.5. The van der Waals surface area contributed by atoms with E-state index in [0.29, 0.717) is 12.2 Å². The molecular formula is C15H12F3N3. The first-order valence-electron chi connectivity index (χ1n) is 6.36. The fraction of sp³-hybridized carbons (Fsp3) is 0.133. The third-order valence-electron chi connectivity index (χ3n) is 3.18. The summed E-state index contributed by atoms with van der Waals surface area (Å²) in [7, 11) is 0. The van der Waals surface area contributed by atoms with Crippen molar-refractivity contribution in [2.24, 2.45) is 0 Å². The maximum Gasteiger partial charge on any atom is 0.416 e. The van der Waals surface area contributed by atoms with Gasteiger partial charge >= 0.3 is 6.18 Å². The minimum atomic E-state index is -4.33. The summed E-state index contributed by atoms with van der Waals surface area (Å²) in [4.78, 5) is 0. The highest BCUT2D eigenvalue weighted by molar-refractivity contribution is 5.55. The molecule has 0 saturated heterocycles. The van der Waals surface area contributed by atoms with Crippen LogP contribution in [0.25, 0.3) is 5.52 Å². The van der Waals surface area contributed by atoms with Crippen molar-refractivity contribution in [1.29, 1.82) is 0 Å². The first-order valence-corrected chi connectivity index (χ1v) is 6.36. The van der Waals surface area contributed by atoms with Crippen LogP contribution in [-0.4, -0.2) is 9.61 Å². The van der Waals surface area contributed by atoms with E-state index in [0.717, 1.165) is 23.2 Å². The molecule has 3 aromatic rings. The van der Waals surface area contributed by atoms with Gasteiger partial charge in [-0.3, -0.25) is 0 Å². The average molecular weight is 291 g/mol. The molecule has 6 heteroatoms. The zero-order valence-corrected chi connectivity index (χ0v) is 10.9. The van der Waals surface area contributed by atoms with Gasteiger partial charge in [0.15, 0.2) is 0 Å². The summed E-state index contributed by atoms with van der Waals surface area (Å²) >= 11 is 0. The average Bonchev–Trinajstić information content (AvgIpc) is 2.88. The maximum absolute atomic E-state index is 12.6. The Morgan fingerprint density at radius 2 is 1.95 bits per heavy atom. The van der Waals surface area contributed by atoms with E-state index in [1.54, 1.807) is 16.8 Å². The lowest BCUT2D eigenvalue weighted by atomic mass is 10.2. The summed E-state index contributed by atoms with van der Waals surface area (Å²) in [6.07, 6.45) is -0.804. The Hall–Kier alpha value is -2.50. The van der Waals surface area contributed by atoms with Gasteiger partial charge < -0.3 is 5.32 Å². The standard InChI is InChI=1S/C15H12F3N3/c16-15(17,18)12-4-3-5-13(8-12)19-9-11-10-20-21-7-2-1-6-14(11)21/h1-8,10,19H,9H2. The van der Waals surface area contributed by atoms with Gasteiger partial charge in [-0.1, -0.05) is 12.1 Å². The number of alkyl halides is 3. The number of anilines is 1. The molecule has 1 N–H and O–H groups in total. The second-order valence-corrected chi connectivity index (χ2v) is 4.63. The number of pyridine rings is 1. The predicted molar refractivity (Wildman–Crippen MR) is 74.0 cm³/mol. The Labute approximate surface area is 119 Å². The van der Waals surface area contributed by atoms with Gasteiger partial charge in [0.25, 0.3) is 0 Å². The first-order chi connectivity index (χ1) is 10.0. The smallest absolute Gasteiger partial charge is 0.381 e. The molecule has 0 saturated carbocycles. The van der Waals surface area contributed by atoms with Crippen LogP contribution in [0.3, 0.4) is 0 Å². The summed E-state index contributed by atoms with van der Waals surface area (Å²) in [6, 6.07) is 10.8. The van der Waals surface area contributed by atoms with Gasteiger partial charge in [-0.25, -0.2) is 4.52 Å². The Morgan fingerprint density at radius 1 is 1.10 bits per heavy atom. The van der Waals surface area contributed by atoms with E-state index < -0.39 is 11.7 Å². The summed E-state index contributed by atoms with van der Waals surface area (Å²) < 4.78 is 39.7. The van der Waals surface area contributed by atoms with Crippen molar-refractivity contribution in [3.05, 3.63) is 66.0 Å². The molecule has 1 aromatic carbocycles. The van der Waals surface area contributed by atoms with Gasteiger partial charge in [0.05, 0.1) is 17.3 Å². The third-order valence-corrected chi connectivity index (χ3v) is 3.18.